The van der Waals surface area contributed by atoms with E-state index < -0.39 is 31.0 Å². The zero-order valence-corrected chi connectivity index (χ0v) is 18.5. The SMILES string of the molecule is CCc1ccc(S(=O)(=O)[C@H]2CS(=O)(=O)C[C@@H]2NCC(c2ccco2)N(C)C)cc1. The Morgan fingerprint density at radius 2 is 1.86 bits per heavy atom. The number of sulfone groups is 2. The van der Waals surface area contributed by atoms with Crippen molar-refractivity contribution in [2.45, 2.75) is 35.6 Å². The van der Waals surface area contributed by atoms with Gasteiger partial charge in [0.25, 0.3) is 0 Å². The van der Waals surface area contributed by atoms with Gasteiger partial charge in [0.2, 0.25) is 0 Å². The number of likely N-dealkylation sites (N-methyl/N-ethyl adjacent to an activating group) is 1. The molecule has 29 heavy (non-hydrogen) atoms. The van der Waals surface area contributed by atoms with E-state index in [0.29, 0.717) is 6.54 Å². The lowest BCUT2D eigenvalue weighted by atomic mass is 10.1. The quantitative estimate of drug-likeness (QED) is 0.667. The fourth-order valence-corrected chi connectivity index (χ4v) is 8.40. The van der Waals surface area contributed by atoms with E-state index in [-0.39, 0.29) is 22.4 Å². The van der Waals surface area contributed by atoms with Crippen molar-refractivity contribution >= 4 is 19.7 Å². The van der Waals surface area contributed by atoms with Gasteiger partial charge in [-0.2, -0.15) is 0 Å². The van der Waals surface area contributed by atoms with Crippen molar-refractivity contribution in [3.8, 4) is 0 Å². The summed E-state index contributed by atoms with van der Waals surface area (Å²) in [6.07, 6.45) is 2.39. The van der Waals surface area contributed by atoms with E-state index in [0.717, 1.165) is 17.7 Å². The first-order valence-electron chi connectivity index (χ1n) is 9.60. The van der Waals surface area contributed by atoms with Crippen LogP contribution in [0.2, 0.25) is 0 Å². The van der Waals surface area contributed by atoms with E-state index in [1.54, 1.807) is 36.6 Å². The van der Waals surface area contributed by atoms with Crippen molar-refractivity contribution in [1.29, 1.82) is 0 Å². The Morgan fingerprint density at radius 1 is 1.17 bits per heavy atom. The van der Waals surface area contributed by atoms with Crippen LogP contribution in [0.15, 0.2) is 52.0 Å². The van der Waals surface area contributed by atoms with Gasteiger partial charge in [-0.05, 0) is 50.3 Å². The highest BCUT2D eigenvalue weighted by atomic mass is 32.2. The van der Waals surface area contributed by atoms with Gasteiger partial charge < -0.3 is 9.73 Å². The predicted molar refractivity (Wildman–Crippen MR) is 112 cm³/mol. The van der Waals surface area contributed by atoms with Gasteiger partial charge in [0.1, 0.15) is 5.76 Å². The van der Waals surface area contributed by atoms with Gasteiger partial charge in [-0.1, -0.05) is 19.1 Å². The standard InChI is InChI=1S/C20H28N2O5S2/c1-4-15-7-9-16(10-8-15)29(25,26)20-14-28(23,24)13-17(20)21-12-18(22(2)3)19-6-5-11-27-19/h5-11,17-18,20-21H,4,12-14H2,1-3H3/t17-,18?,20-/m0/s1. The van der Waals surface area contributed by atoms with Crippen LogP contribution in [0.5, 0.6) is 0 Å². The monoisotopic (exact) mass is 440 g/mol. The van der Waals surface area contributed by atoms with E-state index in [2.05, 4.69) is 5.32 Å². The summed E-state index contributed by atoms with van der Waals surface area (Å²) in [6, 6.07) is 9.52. The van der Waals surface area contributed by atoms with Gasteiger partial charge in [-0.25, -0.2) is 16.8 Å². The molecule has 7 nitrogen and oxygen atoms in total. The third kappa shape index (κ3) is 4.91. The smallest absolute Gasteiger partial charge is 0.183 e. The average molecular weight is 441 g/mol. The molecule has 1 aromatic carbocycles. The third-order valence-electron chi connectivity index (χ3n) is 5.43. The van der Waals surface area contributed by atoms with Crippen LogP contribution in [0.4, 0.5) is 0 Å². The first-order valence-corrected chi connectivity index (χ1v) is 13.0. The van der Waals surface area contributed by atoms with Crippen LogP contribution in [0, 0.1) is 0 Å². The van der Waals surface area contributed by atoms with Gasteiger partial charge in [0, 0.05) is 12.6 Å². The van der Waals surface area contributed by atoms with Crippen LogP contribution in [-0.2, 0) is 26.1 Å². The van der Waals surface area contributed by atoms with Crippen molar-refractivity contribution in [1.82, 2.24) is 10.2 Å². The van der Waals surface area contributed by atoms with Crippen LogP contribution in [-0.4, -0.2) is 65.2 Å². The molecule has 1 aliphatic rings. The van der Waals surface area contributed by atoms with Crippen molar-refractivity contribution in [3.05, 3.63) is 54.0 Å². The van der Waals surface area contributed by atoms with Crippen LogP contribution in [0.1, 0.15) is 24.3 Å². The molecule has 1 saturated heterocycles. The minimum Gasteiger partial charge on any atom is -0.468 e. The summed E-state index contributed by atoms with van der Waals surface area (Å²) in [5.41, 5.74) is 1.03. The Labute approximate surface area is 172 Å². The summed E-state index contributed by atoms with van der Waals surface area (Å²) in [6.45, 7) is 2.37. The number of nitrogens with one attached hydrogen (secondary N) is 1. The number of rotatable bonds is 8. The molecule has 0 radical (unpaired) electrons. The zero-order valence-electron chi connectivity index (χ0n) is 16.9. The molecule has 1 fully saturated rings. The van der Waals surface area contributed by atoms with Crippen molar-refractivity contribution in [3.63, 3.8) is 0 Å². The summed E-state index contributed by atoms with van der Waals surface area (Å²) in [7, 11) is -3.45. The minimum absolute atomic E-state index is 0.138. The minimum atomic E-state index is -3.78. The van der Waals surface area contributed by atoms with Crippen LogP contribution < -0.4 is 5.32 Å². The second-order valence-corrected chi connectivity index (χ2v) is 12.0. The zero-order chi connectivity index (χ0) is 21.2. The molecule has 160 valence electrons. The van der Waals surface area contributed by atoms with Crippen LogP contribution >= 0.6 is 0 Å². The Hall–Kier alpha value is -1.68. The number of benzene rings is 1. The van der Waals surface area contributed by atoms with E-state index in [1.165, 1.54) is 0 Å². The maximum absolute atomic E-state index is 13.2. The summed E-state index contributed by atoms with van der Waals surface area (Å²) < 4.78 is 56.5. The van der Waals surface area contributed by atoms with Crippen LogP contribution in [0.25, 0.3) is 0 Å². The second-order valence-electron chi connectivity index (χ2n) is 7.67. The Bertz CT molecular complexity index is 1010. The Balaban J connectivity index is 1.83. The molecule has 1 unspecified atom stereocenters. The molecule has 1 N–H and O–H groups in total. The lowest BCUT2D eigenvalue weighted by Crippen LogP contribution is -2.46. The normalized spacial score (nSPS) is 22.8. The average Bonchev–Trinajstić information content (AvgIpc) is 3.29. The van der Waals surface area contributed by atoms with Gasteiger partial charge in [-0.15, -0.1) is 0 Å². The lowest BCUT2D eigenvalue weighted by Gasteiger charge is -2.26. The molecule has 1 aliphatic heterocycles. The number of hydrogen-bond donors (Lipinski definition) is 1. The summed E-state index contributed by atoms with van der Waals surface area (Å²) >= 11 is 0. The molecular formula is C20H28N2O5S2. The summed E-state index contributed by atoms with van der Waals surface area (Å²) in [4.78, 5) is 2.11. The fourth-order valence-electron chi connectivity index (χ4n) is 3.68. The molecule has 1 aromatic heterocycles. The van der Waals surface area contributed by atoms with E-state index in [4.69, 9.17) is 4.42 Å². The van der Waals surface area contributed by atoms with E-state index in [1.807, 2.05) is 32.0 Å². The van der Waals surface area contributed by atoms with E-state index >= 15 is 0 Å². The molecule has 2 aromatic rings. The third-order valence-corrected chi connectivity index (χ3v) is 9.59. The molecule has 0 amide bonds. The van der Waals surface area contributed by atoms with Crippen LogP contribution in [0.3, 0.4) is 0 Å². The predicted octanol–water partition coefficient (Wildman–Crippen LogP) is 1.67. The number of furan rings is 1. The molecule has 3 atom stereocenters. The van der Waals surface area contributed by atoms with Gasteiger partial charge in [-0.3, -0.25) is 4.90 Å². The Kier molecular flexibility index (Phi) is 6.52. The van der Waals surface area contributed by atoms with Crippen molar-refractivity contribution in [2.75, 3.05) is 32.1 Å². The Morgan fingerprint density at radius 3 is 2.41 bits per heavy atom. The molecule has 3 rings (SSSR count). The fraction of sp³-hybridized carbons (Fsp3) is 0.500. The largest absolute Gasteiger partial charge is 0.468 e. The van der Waals surface area contributed by atoms with Gasteiger partial charge in [0.15, 0.2) is 19.7 Å². The summed E-state index contributed by atoms with van der Waals surface area (Å²) in [5, 5.41) is 2.18. The first-order chi connectivity index (χ1) is 13.6. The molecule has 2 heterocycles. The van der Waals surface area contributed by atoms with E-state index in [9.17, 15) is 16.8 Å². The highest BCUT2D eigenvalue weighted by molar-refractivity contribution is 7.96. The molecule has 9 heteroatoms. The lowest BCUT2D eigenvalue weighted by molar-refractivity contribution is 0.245. The summed E-state index contributed by atoms with van der Waals surface area (Å²) in [5.74, 6) is 0.177. The molecule has 0 spiro atoms. The van der Waals surface area contributed by atoms with Gasteiger partial charge >= 0.3 is 0 Å². The number of nitrogens with zero attached hydrogens (tertiary/aromatic N) is 1. The highest BCUT2D eigenvalue weighted by Gasteiger charge is 2.45. The van der Waals surface area contributed by atoms with Gasteiger partial charge in [0.05, 0.1) is 34.0 Å². The highest BCUT2D eigenvalue weighted by Crippen LogP contribution is 2.27. The maximum Gasteiger partial charge on any atom is 0.183 e. The molecule has 0 bridgehead atoms. The van der Waals surface area contributed by atoms with Crippen molar-refractivity contribution < 1.29 is 21.3 Å². The topological polar surface area (TPSA) is 96.7 Å². The number of hydrogen-bond acceptors (Lipinski definition) is 7. The second kappa shape index (κ2) is 8.59. The number of aryl methyl sites for hydroxylation is 1. The molecular weight excluding hydrogens is 412 g/mol. The first kappa shape index (κ1) is 22.0. The van der Waals surface area contributed by atoms with Crippen molar-refractivity contribution in [2.24, 2.45) is 0 Å². The maximum atomic E-state index is 13.2. The molecule has 0 aliphatic carbocycles. The molecule has 0 saturated carbocycles.